The van der Waals surface area contributed by atoms with Crippen molar-refractivity contribution in [2.24, 2.45) is 0 Å². The van der Waals surface area contributed by atoms with E-state index in [1.807, 2.05) is 11.4 Å². The Morgan fingerprint density at radius 2 is 1.85 bits per heavy atom. The van der Waals surface area contributed by atoms with Gasteiger partial charge in [0.05, 0.1) is 4.88 Å². The van der Waals surface area contributed by atoms with Crippen LogP contribution in [0.15, 0.2) is 58.6 Å². The summed E-state index contributed by atoms with van der Waals surface area (Å²) in [7, 11) is 0. The molecule has 2 aromatic heterocycles. The van der Waals surface area contributed by atoms with E-state index in [2.05, 4.69) is 27.5 Å². The first-order chi connectivity index (χ1) is 12.7. The van der Waals surface area contributed by atoms with E-state index in [0.29, 0.717) is 22.7 Å². The lowest BCUT2D eigenvalue weighted by atomic mass is 10.2. The third kappa shape index (κ3) is 5.45. The van der Waals surface area contributed by atoms with Crippen LogP contribution >= 0.6 is 34.4 Å². The molecule has 2 amide bonds. The molecular formula is C19H18N2O2S3. The van der Waals surface area contributed by atoms with Gasteiger partial charge in [0.15, 0.2) is 0 Å². The first-order valence-electron chi connectivity index (χ1n) is 8.04. The third-order valence-corrected chi connectivity index (χ3v) is 6.16. The molecule has 2 N–H and O–H groups in total. The third-order valence-electron chi connectivity index (χ3n) is 3.53. The quantitative estimate of drug-likeness (QED) is 0.536. The van der Waals surface area contributed by atoms with Gasteiger partial charge in [-0.15, -0.1) is 11.3 Å². The molecule has 4 nitrogen and oxygen atoms in total. The van der Waals surface area contributed by atoms with E-state index in [4.69, 9.17) is 0 Å². The zero-order chi connectivity index (χ0) is 18.2. The lowest BCUT2D eigenvalue weighted by Crippen LogP contribution is -2.25. The molecule has 3 aromatic rings. The molecule has 134 valence electrons. The molecule has 7 heteroatoms. The van der Waals surface area contributed by atoms with Crippen molar-refractivity contribution >= 4 is 51.9 Å². The Morgan fingerprint density at radius 3 is 2.54 bits per heavy atom. The van der Waals surface area contributed by atoms with Crippen molar-refractivity contribution < 1.29 is 9.59 Å². The number of amides is 2. The summed E-state index contributed by atoms with van der Waals surface area (Å²) in [6.07, 6.45) is 0. The molecule has 2 heterocycles. The first kappa shape index (κ1) is 18.7. The average molecular weight is 403 g/mol. The number of nitrogens with one attached hydrogen (secondary N) is 2. The van der Waals surface area contributed by atoms with Gasteiger partial charge in [-0.1, -0.05) is 6.07 Å². The maximum Gasteiger partial charge on any atom is 0.265 e. The second kappa shape index (κ2) is 9.56. The molecule has 0 radical (unpaired) electrons. The summed E-state index contributed by atoms with van der Waals surface area (Å²) in [5.74, 6) is 1.60. The van der Waals surface area contributed by atoms with Crippen molar-refractivity contribution in [3.8, 4) is 0 Å². The van der Waals surface area contributed by atoms with Crippen LogP contribution in [0, 0.1) is 0 Å². The van der Waals surface area contributed by atoms with Crippen LogP contribution in [-0.2, 0) is 5.75 Å². The lowest BCUT2D eigenvalue weighted by molar-refractivity contribution is 0.0955. The van der Waals surface area contributed by atoms with Crippen LogP contribution in [0.1, 0.15) is 25.6 Å². The largest absolute Gasteiger partial charge is 0.351 e. The molecule has 0 aliphatic heterocycles. The van der Waals surface area contributed by atoms with Crippen LogP contribution < -0.4 is 10.6 Å². The smallest absolute Gasteiger partial charge is 0.265 e. The van der Waals surface area contributed by atoms with Crippen LogP contribution in [-0.4, -0.2) is 24.1 Å². The van der Waals surface area contributed by atoms with Crippen molar-refractivity contribution in [2.45, 2.75) is 5.75 Å². The number of carbonyl (C=O) groups is 2. The van der Waals surface area contributed by atoms with Crippen molar-refractivity contribution in [3.05, 3.63) is 74.6 Å². The number of rotatable bonds is 8. The zero-order valence-corrected chi connectivity index (χ0v) is 16.4. The number of carbonyl (C=O) groups excluding carboxylic acids is 2. The first-order valence-corrected chi connectivity index (χ1v) is 11.0. The number of thiophene rings is 2. The number of hydrogen-bond acceptors (Lipinski definition) is 5. The minimum absolute atomic E-state index is 0.0998. The van der Waals surface area contributed by atoms with Crippen LogP contribution in [0.25, 0.3) is 0 Å². The maximum atomic E-state index is 12.2. The van der Waals surface area contributed by atoms with Gasteiger partial charge in [0, 0.05) is 29.3 Å². The molecule has 0 bridgehead atoms. The molecule has 0 saturated heterocycles. The van der Waals surface area contributed by atoms with Gasteiger partial charge in [-0.25, -0.2) is 0 Å². The van der Waals surface area contributed by atoms with Crippen LogP contribution in [0.3, 0.4) is 0 Å². The van der Waals surface area contributed by atoms with Gasteiger partial charge >= 0.3 is 0 Å². The predicted octanol–water partition coefficient (Wildman–Crippen LogP) is 4.73. The number of thioether (sulfide) groups is 1. The molecule has 0 spiro atoms. The summed E-state index contributed by atoms with van der Waals surface area (Å²) in [6.45, 7) is 0.629. The Balaban J connectivity index is 1.41. The summed E-state index contributed by atoms with van der Waals surface area (Å²) in [6, 6.07) is 12.7. The molecule has 1 aromatic carbocycles. The fourth-order valence-corrected chi connectivity index (χ4v) is 4.41. The molecule has 0 saturated carbocycles. The van der Waals surface area contributed by atoms with Crippen LogP contribution in [0.4, 0.5) is 5.69 Å². The Labute approximate surface area is 164 Å². The van der Waals surface area contributed by atoms with Gasteiger partial charge in [-0.05, 0) is 58.1 Å². The molecule has 0 aliphatic rings. The molecule has 0 fully saturated rings. The Kier molecular flexibility index (Phi) is 6.88. The van der Waals surface area contributed by atoms with Crippen LogP contribution in [0.5, 0.6) is 0 Å². The van der Waals surface area contributed by atoms with Gasteiger partial charge in [0.1, 0.15) is 0 Å². The van der Waals surface area contributed by atoms with E-state index in [1.54, 1.807) is 53.4 Å². The second-order valence-corrected chi connectivity index (χ2v) is 8.28. The van der Waals surface area contributed by atoms with E-state index in [1.165, 1.54) is 16.9 Å². The highest BCUT2D eigenvalue weighted by atomic mass is 32.2. The Morgan fingerprint density at radius 1 is 1.00 bits per heavy atom. The molecule has 0 atom stereocenters. The van der Waals surface area contributed by atoms with Crippen molar-refractivity contribution in [1.82, 2.24) is 5.32 Å². The fourth-order valence-electron chi connectivity index (χ4n) is 2.21. The summed E-state index contributed by atoms with van der Waals surface area (Å²) < 4.78 is 0. The number of hydrogen-bond donors (Lipinski definition) is 2. The van der Waals surface area contributed by atoms with E-state index in [-0.39, 0.29) is 11.8 Å². The topological polar surface area (TPSA) is 58.2 Å². The van der Waals surface area contributed by atoms with E-state index in [9.17, 15) is 9.59 Å². The van der Waals surface area contributed by atoms with E-state index < -0.39 is 0 Å². The van der Waals surface area contributed by atoms with Crippen molar-refractivity contribution in [3.63, 3.8) is 0 Å². The molecule has 26 heavy (non-hydrogen) atoms. The molecule has 0 unspecified atom stereocenters. The normalized spacial score (nSPS) is 10.5. The number of benzene rings is 1. The average Bonchev–Trinajstić information content (AvgIpc) is 3.36. The van der Waals surface area contributed by atoms with E-state index in [0.717, 1.165) is 11.5 Å². The molecule has 3 rings (SSSR count). The monoisotopic (exact) mass is 402 g/mol. The highest BCUT2D eigenvalue weighted by molar-refractivity contribution is 7.98. The lowest BCUT2D eigenvalue weighted by Gasteiger charge is -2.07. The predicted molar refractivity (Wildman–Crippen MR) is 112 cm³/mol. The minimum Gasteiger partial charge on any atom is -0.351 e. The summed E-state index contributed by atoms with van der Waals surface area (Å²) in [5, 5.41) is 11.8. The van der Waals surface area contributed by atoms with Gasteiger partial charge < -0.3 is 10.6 Å². The summed E-state index contributed by atoms with van der Waals surface area (Å²) in [5.41, 5.74) is 2.58. The van der Waals surface area contributed by atoms with Crippen molar-refractivity contribution in [2.75, 3.05) is 17.6 Å². The Hall–Kier alpha value is -2.09. The fraction of sp³-hybridized carbons (Fsp3) is 0.158. The SMILES string of the molecule is O=C(NCCSCc1ccsc1)c1ccc(NC(=O)c2cccs2)cc1. The van der Waals surface area contributed by atoms with Crippen LogP contribution in [0.2, 0.25) is 0 Å². The molecule has 0 aliphatic carbocycles. The minimum atomic E-state index is -0.139. The highest BCUT2D eigenvalue weighted by Crippen LogP contribution is 2.15. The van der Waals surface area contributed by atoms with Gasteiger partial charge in [-0.2, -0.15) is 23.1 Å². The number of anilines is 1. The second-order valence-electron chi connectivity index (χ2n) is 5.45. The molecular weight excluding hydrogens is 384 g/mol. The van der Waals surface area contributed by atoms with E-state index >= 15 is 0 Å². The zero-order valence-electron chi connectivity index (χ0n) is 13.9. The van der Waals surface area contributed by atoms with Crippen molar-refractivity contribution in [1.29, 1.82) is 0 Å². The van der Waals surface area contributed by atoms with Gasteiger partial charge in [0.25, 0.3) is 11.8 Å². The standard InChI is InChI=1S/C19H18N2O2S3/c22-18(20-8-11-25-13-14-7-10-24-12-14)15-3-5-16(6-4-15)21-19(23)17-2-1-9-26-17/h1-7,9-10,12H,8,11,13H2,(H,20,22)(H,21,23). The Bertz CT molecular complexity index is 828. The van der Waals surface area contributed by atoms with Gasteiger partial charge in [0.2, 0.25) is 0 Å². The maximum absolute atomic E-state index is 12.2. The van der Waals surface area contributed by atoms with Gasteiger partial charge in [-0.3, -0.25) is 9.59 Å². The summed E-state index contributed by atoms with van der Waals surface area (Å²) in [4.78, 5) is 24.8. The summed E-state index contributed by atoms with van der Waals surface area (Å²) >= 11 is 4.89. The highest BCUT2D eigenvalue weighted by Gasteiger charge is 2.08.